The summed E-state index contributed by atoms with van der Waals surface area (Å²) in [6.07, 6.45) is 0. The lowest BCUT2D eigenvalue weighted by Crippen LogP contribution is -2.08. The summed E-state index contributed by atoms with van der Waals surface area (Å²) in [6.45, 7) is 3.24. The van der Waals surface area contributed by atoms with Gasteiger partial charge in [-0.05, 0) is 31.2 Å². The fourth-order valence-electron chi connectivity index (χ4n) is 1.63. The van der Waals surface area contributed by atoms with Gasteiger partial charge in [0.2, 0.25) is 0 Å². The first-order valence-corrected chi connectivity index (χ1v) is 5.52. The Bertz CT molecular complexity index is 475. The molecule has 84 valence electrons. The molecule has 1 aromatic carbocycles. The Hall–Kier alpha value is -1.39. The average Bonchev–Trinajstić information content (AvgIpc) is 2.72. The Kier molecular flexibility index (Phi) is 3.22. The topological polar surface area (TPSA) is 56.7 Å². The molecule has 0 spiro atoms. The van der Waals surface area contributed by atoms with Crippen molar-refractivity contribution >= 4 is 11.6 Å². The molecule has 1 aromatic heterocycles. The Morgan fingerprint density at radius 1 is 1.25 bits per heavy atom. The van der Waals surface area contributed by atoms with Crippen LogP contribution in [0.2, 0.25) is 5.02 Å². The van der Waals surface area contributed by atoms with Crippen LogP contribution in [0.3, 0.4) is 0 Å². The molecule has 16 heavy (non-hydrogen) atoms. The van der Waals surface area contributed by atoms with Crippen LogP contribution in [0, 0.1) is 0 Å². The summed E-state index contributed by atoms with van der Waals surface area (Å²) in [5.41, 5.74) is 6.60. The van der Waals surface area contributed by atoms with E-state index in [0.717, 1.165) is 23.8 Å². The quantitative estimate of drug-likeness (QED) is 0.888. The molecule has 0 amide bonds. The molecule has 0 aliphatic heterocycles. The predicted octanol–water partition coefficient (Wildman–Crippen LogP) is 2.08. The zero-order valence-corrected chi connectivity index (χ0v) is 9.78. The van der Waals surface area contributed by atoms with Gasteiger partial charge in [-0.3, -0.25) is 0 Å². The summed E-state index contributed by atoms with van der Waals surface area (Å²) in [5.74, 6) is 1.63. The Labute approximate surface area is 99.1 Å². The Balaban J connectivity index is 2.47. The maximum absolute atomic E-state index is 5.84. The van der Waals surface area contributed by atoms with Gasteiger partial charge in [-0.25, -0.2) is 0 Å². The highest BCUT2D eigenvalue weighted by atomic mass is 35.5. The smallest absolute Gasteiger partial charge is 0.163 e. The van der Waals surface area contributed by atoms with E-state index in [9.17, 15) is 0 Å². The van der Waals surface area contributed by atoms with Crippen LogP contribution in [0.25, 0.3) is 11.4 Å². The van der Waals surface area contributed by atoms with E-state index in [1.165, 1.54) is 0 Å². The van der Waals surface area contributed by atoms with Crippen molar-refractivity contribution in [2.75, 3.05) is 0 Å². The number of benzene rings is 1. The third-order valence-electron chi connectivity index (χ3n) is 2.43. The van der Waals surface area contributed by atoms with Gasteiger partial charge in [-0.15, -0.1) is 10.2 Å². The van der Waals surface area contributed by atoms with Crippen LogP contribution in [0.5, 0.6) is 0 Å². The number of hydrogen-bond acceptors (Lipinski definition) is 3. The number of nitrogens with zero attached hydrogens (tertiary/aromatic N) is 3. The van der Waals surface area contributed by atoms with Crippen molar-refractivity contribution in [3.05, 3.63) is 35.1 Å². The predicted molar refractivity (Wildman–Crippen MR) is 64.0 cm³/mol. The Morgan fingerprint density at radius 3 is 2.50 bits per heavy atom. The second kappa shape index (κ2) is 4.63. The van der Waals surface area contributed by atoms with Gasteiger partial charge in [0.05, 0.1) is 6.54 Å². The summed E-state index contributed by atoms with van der Waals surface area (Å²) in [4.78, 5) is 0. The van der Waals surface area contributed by atoms with Crippen LogP contribution in [-0.2, 0) is 13.1 Å². The second-order valence-electron chi connectivity index (χ2n) is 3.40. The van der Waals surface area contributed by atoms with Gasteiger partial charge in [0.1, 0.15) is 5.82 Å². The lowest BCUT2D eigenvalue weighted by Gasteiger charge is -2.06. The number of hydrogen-bond donors (Lipinski definition) is 1. The summed E-state index contributed by atoms with van der Waals surface area (Å²) < 4.78 is 2.00. The Morgan fingerprint density at radius 2 is 1.94 bits per heavy atom. The molecule has 0 aliphatic carbocycles. The van der Waals surface area contributed by atoms with Crippen LogP contribution >= 0.6 is 11.6 Å². The van der Waals surface area contributed by atoms with E-state index < -0.39 is 0 Å². The summed E-state index contributed by atoms with van der Waals surface area (Å²) in [5, 5.41) is 8.92. The molecule has 0 radical (unpaired) electrons. The second-order valence-corrected chi connectivity index (χ2v) is 3.83. The molecule has 1 heterocycles. The number of rotatable bonds is 3. The van der Waals surface area contributed by atoms with E-state index in [1.54, 1.807) is 0 Å². The van der Waals surface area contributed by atoms with Gasteiger partial charge in [-0.1, -0.05) is 11.6 Å². The molecule has 4 nitrogen and oxygen atoms in total. The van der Waals surface area contributed by atoms with E-state index >= 15 is 0 Å². The zero-order valence-electron chi connectivity index (χ0n) is 9.02. The first-order chi connectivity index (χ1) is 7.76. The van der Waals surface area contributed by atoms with E-state index in [2.05, 4.69) is 10.2 Å². The molecule has 0 aliphatic rings. The molecular weight excluding hydrogens is 224 g/mol. The molecule has 0 saturated carbocycles. The zero-order chi connectivity index (χ0) is 11.5. The molecule has 0 unspecified atom stereocenters. The number of nitrogens with two attached hydrogens (primary N) is 1. The van der Waals surface area contributed by atoms with E-state index in [-0.39, 0.29) is 0 Å². The molecular formula is C11H13ClN4. The minimum absolute atomic E-state index is 0.397. The first-order valence-electron chi connectivity index (χ1n) is 5.14. The molecule has 2 rings (SSSR count). The minimum Gasteiger partial charge on any atom is -0.324 e. The van der Waals surface area contributed by atoms with Crippen molar-refractivity contribution in [3.63, 3.8) is 0 Å². The minimum atomic E-state index is 0.397. The van der Waals surface area contributed by atoms with Crippen molar-refractivity contribution in [1.82, 2.24) is 14.8 Å². The van der Waals surface area contributed by atoms with E-state index in [1.807, 2.05) is 35.8 Å². The third kappa shape index (κ3) is 1.94. The number of aromatic nitrogens is 3. The lowest BCUT2D eigenvalue weighted by atomic mass is 10.2. The van der Waals surface area contributed by atoms with E-state index in [4.69, 9.17) is 17.3 Å². The van der Waals surface area contributed by atoms with E-state index in [0.29, 0.717) is 11.6 Å². The van der Waals surface area contributed by atoms with Gasteiger partial charge in [-0.2, -0.15) is 0 Å². The monoisotopic (exact) mass is 236 g/mol. The van der Waals surface area contributed by atoms with Crippen molar-refractivity contribution in [1.29, 1.82) is 0 Å². The van der Waals surface area contributed by atoms with Crippen LogP contribution in [0.1, 0.15) is 12.7 Å². The molecule has 2 N–H and O–H groups in total. The fourth-order valence-corrected chi connectivity index (χ4v) is 1.76. The summed E-state index contributed by atoms with van der Waals surface area (Å²) in [7, 11) is 0. The van der Waals surface area contributed by atoms with Crippen LogP contribution in [0.15, 0.2) is 24.3 Å². The highest BCUT2D eigenvalue weighted by Crippen LogP contribution is 2.20. The molecule has 0 fully saturated rings. The van der Waals surface area contributed by atoms with Crippen LogP contribution in [0.4, 0.5) is 0 Å². The van der Waals surface area contributed by atoms with Gasteiger partial charge in [0, 0.05) is 17.1 Å². The molecule has 2 aromatic rings. The number of halogens is 1. The van der Waals surface area contributed by atoms with Crippen molar-refractivity contribution < 1.29 is 0 Å². The largest absolute Gasteiger partial charge is 0.324 e. The van der Waals surface area contributed by atoms with Gasteiger partial charge in [0.15, 0.2) is 5.82 Å². The highest BCUT2D eigenvalue weighted by Gasteiger charge is 2.10. The molecule has 0 bridgehead atoms. The van der Waals surface area contributed by atoms with Gasteiger partial charge >= 0.3 is 0 Å². The van der Waals surface area contributed by atoms with Crippen LogP contribution in [-0.4, -0.2) is 14.8 Å². The average molecular weight is 237 g/mol. The normalized spacial score (nSPS) is 10.7. The SMILES string of the molecule is CCn1c(CN)nnc1-c1ccc(Cl)cc1. The third-order valence-corrected chi connectivity index (χ3v) is 2.68. The van der Waals surface area contributed by atoms with Crippen LogP contribution < -0.4 is 5.73 Å². The van der Waals surface area contributed by atoms with Gasteiger partial charge in [0.25, 0.3) is 0 Å². The maximum Gasteiger partial charge on any atom is 0.163 e. The molecule has 0 atom stereocenters. The molecule has 5 heteroatoms. The highest BCUT2D eigenvalue weighted by molar-refractivity contribution is 6.30. The fraction of sp³-hybridized carbons (Fsp3) is 0.273. The van der Waals surface area contributed by atoms with Gasteiger partial charge < -0.3 is 10.3 Å². The lowest BCUT2D eigenvalue weighted by molar-refractivity contribution is 0.704. The summed E-state index contributed by atoms with van der Waals surface area (Å²) >= 11 is 5.84. The standard InChI is InChI=1S/C11H13ClN4/c1-2-16-10(7-13)14-15-11(16)8-3-5-9(12)6-4-8/h3-6H,2,7,13H2,1H3. The van der Waals surface area contributed by atoms with Crippen molar-refractivity contribution in [3.8, 4) is 11.4 Å². The maximum atomic E-state index is 5.84. The van der Waals surface area contributed by atoms with Crippen molar-refractivity contribution in [2.24, 2.45) is 5.73 Å². The first kappa shape index (κ1) is 11.1. The summed E-state index contributed by atoms with van der Waals surface area (Å²) in [6, 6.07) is 7.54. The molecule has 0 saturated heterocycles. The van der Waals surface area contributed by atoms with Crippen molar-refractivity contribution in [2.45, 2.75) is 20.0 Å².